The summed E-state index contributed by atoms with van der Waals surface area (Å²) in [6, 6.07) is 3.20. The number of rotatable bonds is 5. The Labute approximate surface area is 112 Å². The quantitative estimate of drug-likeness (QED) is 0.870. The lowest BCUT2D eigenvalue weighted by Gasteiger charge is -2.17. The number of halogens is 1. The first kappa shape index (κ1) is 13.2. The number of aliphatic carboxylic acids is 1. The van der Waals surface area contributed by atoms with Crippen molar-refractivity contribution in [1.82, 2.24) is 0 Å². The highest BCUT2D eigenvalue weighted by Gasteiger charge is 2.30. The molecule has 0 bridgehead atoms. The molecule has 0 aliphatic heterocycles. The van der Waals surface area contributed by atoms with Gasteiger partial charge in [-0.05, 0) is 25.0 Å². The lowest BCUT2D eigenvalue weighted by Crippen LogP contribution is -2.13. The van der Waals surface area contributed by atoms with Gasteiger partial charge in [-0.1, -0.05) is 15.9 Å². The van der Waals surface area contributed by atoms with E-state index in [0.717, 1.165) is 12.8 Å². The first-order valence-corrected chi connectivity index (χ1v) is 6.27. The van der Waals surface area contributed by atoms with Gasteiger partial charge in [-0.3, -0.25) is 0 Å². The van der Waals surface area contributed by atoms with E-state index in [4.69, 9.17) is 14.6 Å². The van der Waals surface area contributed by atoms with Gasteiger partial charge in [-0.15, -0.1) is 0 Å². The average Bonchev–Trinajstić information content (AvgIpc) is 3.13. The van der Waals surface area contributed by atoms with E-state index in [-0.39, 0.29) is 11.7 Å². The molecular weight excluding hydrogens is 304 g/mol. The Bertz CT molecular complexity index is 470. The van der Waals surface area contributed by atoms with Gasteiger partial charge in [-0.25, -0.2) is 4.79 Å². The van der Waals surface area contributed by atoms with Crippen LogP contribution in [0.3, 0.4) is 0 Å². The maximum Gasteiger partial charge on any atom is 0.337 e. The van der Waals surface area contributed by atoms with Crippen LogP contribution in [0.4, 0.5) is 0 Å². The molecule has 0 radical (unpaired) electrons. The van der Waals surface area contributed by atoms with Crippen LogP contribution in [0.2, 0.25) is 0 Å². The standard InChI is InChI=1S/C12H13BrO5/c1-17-9-5-6(13)4-8(10(14)12(15)16)11(9)18-7-2-3-7/h4-5,7,10,14H,2-3H2,1H3,(H,15,16). The molecule has 0 saturated heterocycles. The zero-order valence-corrected chi connectivity index (χ0v) is 11.3. The highest BCUT2D eigenvalue weighted by Crippen LogP contribution is 2.41. The second-order valence-corrected chi connectivity index (χ2v) is 5.00. The van der Waals surface area contributed by atoms with E-state index in [1.165, 1.54) is 13.2 Å². The maximum atomic E-state index is 10.9. The molecule has 1 aliphatic rings. The zero-order chi connectivity index (χ0) is 13.3. The predicted molar refractivity (Wildman–Crippen MR) is 66.9 cm³/mol. The fourth-order valence-corrected chi connectivity index (χ4v) is 2.01. The van der Waals surface area contributed by atoms with E-state index in [0.29, 0.717) is 16.0 Å². The van der Waals surface area contributed by atoms with Crippen molar-refractivity contribution in [2.24, 2.45) is 0 Å². The van der Waals surface area contributed by atoms with Crippen molar-refractivity contribution >= 4 is 21.9 Å². The van der Waals surface area contributed by atoms with Gasteiger partial charge in [0.25, 0.3) is 0 Å². The second kappa shape index (κ2) is 5.16. The van der Waals surface area contributed by atoms with Crippen LogP contribution in [-0.4, -0.2) is 29.4 Å². The molecule has 1 aromatic carbocycles. The smallest absolute Gasteiger partial charge is 0.337 e. The van der Waals surface area contributed by atoms with Gasteiger partial charge in [0.15, 0.2) is 17.6 Å². The Morgan fingerprint density at radius 1 is 1.50 bits per heavy atom. The third-order valence-electron chi connectivity index (χ3n) is 2.61. The fourth-order valence-electron chi connectivity index (χ4n) is 1.56. The Balaban J connectivity index is 2.45. The first-order valence-electron chi connectivity index (χ1n) is 5.48. The fraction of sp³-hybridized carbons (Fsp3) is 0.417. The van der Waals surface area contributed by atoms with Crippen molar-refractivity contribution in [1.29, 1.82) is 0 Å². The summed E-state index contributed by atoms with van der Waals surface area (Å²) in [4.78, 5) is 10.9. The van der Waals surface area contributed by atoms with Crippen LogP contribution >= 0.6 is 15.9 Å². The van der Waals surface area contributed by atoms with Crippen LogP contribution in [0.15, 0.2) is 16.6 Å². The summed E-state index contributed by atoms with van der Waals surface area (Å²) in [7, 11) is 1.47. The molecule has 0 spiro atoms. The number of carbonyl (C=O) groups is 1. The highest BCUT2D eigenvalue weighted by molar-refractivity contribution is 9.10. The summed E-state index contributed by atoms with van der Waals surface area (Å²) in [5.74, 6) is -0.611. The number of ether oxygens (including phenoxy) is 2. The van der Waals surface area contributed by atoms with Crippen molar-refractivity contribution in [3.8, 4) is 11.5 Å². The van der Waals surface area contributed by atoms with Gasteiger partial charge < -0.3 is 19.7 Å². The summed E-state index contributed by atoms with van der Waals surface area (Å²) in [6.45, 7) is 0. The molecule has 6 heteroatoms. The molecular formula is C12H13BrO5. The van der Waals surface area contributed by atoms with E-state index >= 15 is 0 Å². The number of hydrogen-bond acceptors (Lipinski definition) is 4. The van der Waals surface area contributed by atoms with E-state index in [9.17, 15) is 9.90 Å². The van der Waals surface area contributed by atoms with Gasteiger partial charge >= 0.3 is 5.97 Å². The topological polar surface area (TPSA) is 76.0 Å². The van der Waals surface area contributed by atoms with Crippen molar-refractivity contribution in [2.45, 2.75) is 25.0 Å². The third-order valence-corrected chi connectivity index (χ3v) is 3.06. The summed E-state index contributed by atoms with van der Waals surface area (Å²) >= 11 is 3.25. The third kappa shape index (κ3) is 2.76. The minimum absolute atomic E-state index is 0.0832. The summed E-state index contributed by atoms with van der Waals surface area (Å²) in [5.41, 5.74) is 0.195. The van der Waals surface area contributed by atoms with E-state index in [2.05, 4.69) is 15.9 Å². The van der Waals surface area contributed by atoms with Crippen molar-refractivity contribution in [3.05, 3.63) is 22.2 Å². The number of benzene rings is 1. The molecule has 0 heterocycles. The largest absolute Gasteiger partial charge is 0.493 e. The van der Waals surface area contributed by atoms with Crippen LogP contribution in [0.1, 0.15) is 24.5 Å². The number of carboxylic acids is 1. The molecule has 2 rings (SSSR count). The number of methoxy groups -OCH3 is 1. The maximum absolute atomic E-state index is 10.9. The molecule has 0 aromatic heterocycles. The minimum Gasteiger partial charge on any atom is -0.493 e. The van der Waals surface area contributed by atoms with Gasteiger partial charge in [-0.2, -0.15) is 0 Å². The zero-order valence-electron chi connectivity index (χ0n) is 9.72. The van der Waals surface area contributed by atoms with Gasteiger partial charge in [0, 0.05) is 10.0 Å². The van der Waals surface area contributed by atoms with E-state index < -0.39 is 12.1 Å². The van der Waals surface area contributed by atoms with Crippen LogP contribution < -0.4 is 9.47 Å². The number of hydrogen-bond donors (Lipinski definition) is 2. The Morgan fingerprint density at radius 3 is 2.67 bits per heavy atom. The Morgan fingerprint density at radius 2 is 2.17 bits per heavy atom. The summed E-state index contributed by atoms with van der Waals surface area (Å²) < 4.78 is 11.4. The van der Waals surface area contributed by atoms with Crippen molar-refractivity contribution in [2.75, 3.05) is 7.11 Å². The predicted octanol–water partition coefficient (Wildman–Crippen LogP) is 2.12. The van der Waals surface area contributed by atoms with Crippen LogP contribution in [0.5, 0.6) is 11.5 Å². The summed E-state index contributed by atoms with van der Waals surface area (Å²) in [6.07, 6.45) is 0.314. The molecule has 1 saturated carbocycles. The molecule has 1 aliphatic carbocycles. The molecule has 98 valence electrons. The van der Waals surface area contributed by atoms with Gasteiger partial charge in [0.2, 0.25) is 0 Å². The minimum atomic E-state index is -1.63. The van der Waals surface area contributed by atoms with Crippen LogP contribution in [0, 0.1) is 0 Å². The second-order valence-electron chi connectivity index (χ2n) is 4.08. The van der Waals surface area contributed by atoms with Crippen molar-refractivity contribution in [3.63, 3.8) is 0 Å². The Hall–Kier alpha value is -1.27. The molecule has 1 aromatic rings. The molecule has 0 amide bonds. The lowest BCUT2D eigenvalue weighted by atomic mass is 10.1. The first-order chi connectivity index (χ1) is 8.52. The van der Waals surface area contributed by atoms with Crippen LogP contribution in [0.25, 0.3) is 0 Å². The Kier molecular flexibility index (Phi) is 3.77. The normalized spacial score (nSPS) is 16.2. The molecule has 18 heavy (non-hydrogen) atoms. The van der Waals surface area contributed by atoms with Crippen molar-refractivity contribution < 1.29 is 24.5 Å². The molecule has 5 nitrogen and oxygen atoms in total. The summed E-state index contributed by atoms with van der Waals surface area (Å²) in [5, 5.41) is 18.6. The van der Waals surface area contributed by atoms with E-state index in [1.54, 1.807) is 6.07 Å². The lowest BCUT2D eigenvalue weighted by molar-refractivity contribution is -0.147. The SMILES string of the molecule is COc1cc(Br)cc(C(O)C(=O)O)c1OC1CC1. The molecule has 1 atom stereocenters. The number of carboxylic acid groups (broad SMARTS) is 1. The monoisotopic (exact) mass is 316 g/mol. The van der Waals surface area contributed by atoms with Crippen LogP contribution in [-0.2, 0) is 4.79 Å². The number of aliphatic hydroxyl groups excluding tert-OH is 1. The van der Waals surface area contributed by atoms with Gasteiger partial charge in [0.1, 0.15) is 0 Å². The molecule has 2 N–H and O–H groups in total. The highest BCUT2D eigenvalue weighted by atomic mass is 79.9. The van der Waals surface area contributed by atoms with Gasteiger partial charge in [0.05, 0.1) is 13.2 Å². The number of aliphatic hydroxyl groups is 1. The average molecular weight is 317 g/mol. The van der Waals surface area contributed by atoms with E-state index in [1.807, 2.05) is 0 Å². The molecule has 1 fully saturated rings. The molecule has 1 unspecified atom stereocenters.